The third-order valence-corrected chi connectivity index (χ3v) is 3.85. The van der Waals surface area contributed by atoms with Crippen LogP contribution in [0.25, 0.3) is 10.9 Å². The predicted octanol–water partition coefficient (Wildman–Crippen LogP) is 2.02. The van der Waals surface area contributed by atoms with Crippen molar-refractivity contribution in [2.24, 2.45) is 0 Å². The summed E-state index contributed by atoms with van der Waals surface area (Å²) in [4.78, 5) is 28.2. The molecule has 1 aromatic heterocycles. The fourth-order valence-corrected chi connectivity index (χ4v) is 2.59. The van der Waals surface area contributed by atoms with Crippen LogP contribution in [-0.4, -0.2) is 35.9 Å². The molecule has 22 heavy (non-hydrogen) atoms. The van der Waals surface area contributed by atoms with Crippen molar-refractivity contribution in [1.29, 1.82) is 0 Å². The van der Waals surface area contributed by atoms with Gasteiger partial charge in [-0.05, 0) is 44.0 Å². The quantitative estimate of drug-likeness (QED) is 0.691. The number of Topliss-reactive ketones (excluding diaryl/α,β-unsaturated/α-hetero) is 1. The highest BCUT2D eigenvalue weighted by atomic mass is 16.5. The summed E-state index contributed by atoms with van der Waals surface area (Å²) < 4.78 is 5.09. The molecule has 0 amide bonds. The fraction of sp³-hybridized carbons (Fsp3) is 0.353. The van der Waals surface area contributed by atoms with E-state index in [2.05, 4.69) is 10.3 Å². The van der Waals surface area contributed by atoms with E-state index in [1.165, 1.54) is 6.20 Å². The minimum Gasteiger partial charge on any atom is -0.456 e. The summed E-state index contributed by atoms with van der Waals surface area (Å²) in [5, 5.41) is 3.95. The van der Waals surface area contributed by atoms with Crippen molar-refractivity contribution in [2.75, 3.05) is 13.2 Å². The van der Waals surface area contributed by atoms with Crippen molar-refractivity contribution in [1.82, 2.24) is 10.3 Å². The minimum absolute atomic E-state index is 0.235. The highest BCUT2D eigenvalue weighted by molar-refractivity contribution is 6.00. The lowest BCUT2D eigenvalue weighted by Gasteiger charge is -2.09. The van der Waals surface area contributed by atoms with Crippen LogP contribution in [0.15, 0.2) is 30.5 Å². The summed E-state index contributed by atoms with van der Waals surface area (Å²) in [6.45, 7) is 2.58. The zero-order valence-electron chi connectivity index (χ0n) is 12.5. The van der Waals surface area contributed by atoms with Crippen molar-refractivity contribution >= 4 is 22.7 Å². The van der Waals surface area contributed by atoms with Crippen LogP contribution in [0.1, 0.15) is 28.8 Å². The highest BCUT2D eigenvalue weighted by Crippen LogP contribution is 2.15. The second kappa shape index (κ2) is 6.23. The molecule has 0 spiro atoms. The van der Waals surface area contributed by atoms with E-state index in [1.54, 1.807) is 6.07 Å². The number of aromatic nitrogens is 1. The molecule has 1 aromatic carbocycles. The Labute approximate surface area is 128 Å². The van der Waals surface area contributed by atoms with Crippen molar-refractivity contribution in [2.45, 2.75) is 25.8 Å². The van der Waals surface area contributed by atoms with Gasteiger partial charge in [-0.3, -0.25) is 14.6 Å². The van der Waals surface area contributed by atoms with Gasteiger partial charge in [-0.2, -0.15) is 0 Å². The van der Waals surface area contributed by atoms with E-state index >= 15 is 0 Å². The Bertz CT molecular complexity index is 721. The van der Waals surface area contributed by atoms with E-state index in [0.717, 1.165) is 35.9 Å². The lowest BCUT2D eigenvalue weighted by atomic mass is 10.1. The first-order valence-corrected chi connectivity index (χ1v) is 7.43. The van der Waals surface area contributed by atoms with Gasteiger partial charge in [0.25, 0.3) is 0 Å². The van der Waals surface area contributed by atoms with Gasteiger partial charge in [0.1, 0.15) is 6.04 Å². The number of nitrogens with zero attached hydrogens (tertiary/aromatic N) is 1. The minimum atomic E-state index is -0.352. The van der Waals surface area contributed by atoms with E-state index in [0.29, 0.717) is 5.56 Å². The molecule has 3 rings (SSSR count). The number of carbonyl (C=O) groups excluding carboxylic acids is 2. The molecule has 114 valence electrons. The average molecular weight is 298 g/mol. The number of rotatable bonds is 4. The SMILES string of the molecule is Cc1ccc2cc(C(=O)COC(=O)C3CCCN3)cnc2c1. The number of nitrogens with one attached hydrogen (secondary N) is 1. The van der Waals surface area contributed by atoms with Gasteiger partial charge in [0, 0.05) is 17.1 Å². The van der Waals surface area contributed by atoms with Crippen LogP contribution >= 0.6 is 0 Å². The Morgan fingerprint density at radius 3 is 3.00 bits per heavy atom. The summed E-state index contributed by atoms with van der Waals surface area (Å²) in [5.41, 5.74) is 2.43. The summed E-state index contributed by atoms with van der Waals surface area (Å²) >= 11 is 0. The lowest BCUT2D eigenvalue weighted by molar-refractivity contribution is -0.144. The maximum Gasteiger partial charge on any atom is 0.323 e. The molecule has 1 fully saturated rings. The van der Waals surface area contributed by atoms with Crippen LogP contribution in [0.5, 0.6) is 0 Å². The topological polar surface area (TPSA) is 68.3 Å². The normalized spacial score (nSPS) is 17.6. The number of hydrogen-bond donors (Lipinski definition) is 1. The monoisotopic (exact) mass is 298 g/mol. The number of benzene rings is 1. The van der Waals surface area contributed by atoms with Crippen LogP contribution in [0.2, 0.25) is 0 Å². The van der Waals surface area contributed by atoms with Gasteiger partial charge in [-0.15, -0.1) is 0 Å². The molecular weight excluding hydrogens is 280 g/mol. The largest absolute Gasteiger partial charge is 0.456 e. The molecule has 2 heterocycles. The second-order valence-corrected chi connectivity index (χ2v) is 5.60. The van der Waals surface area contributed by atoms with E-state index in [9.17, 15) is 9.59 Å². The van der Waals surface area contributed by atoms with Gasteiger partial charge in [-0.1, -0.05) is 12.1 Å². The van der Waals surface area contributed by atoms with Gasteiger partial charge < -0.3 is 10.1 Å². The average Bonchev–Trinajstić information content (AvgIpc) is 3.06. The lowest BCUT2D eigenvalue weighted by Crippen LogP contribution is -2.33. The molecule has 1 atom stereocenters. The third-order valence-electron chi connectivity index (χ3n) is 3.85. The second-order valence-electron chi connectivity index (χ2n) is 5.60. The number of esters is 1. The van der Waals surface area contributed by atoms with E-state index in [-0.39, 0.29) is 24.4 Å². The number of aryl methyl sites for hydroxylation is 1. The number of hydrogen-bond acceptors (Lipinski definition) is 5. The molecule has 1 N–H and O–H groups in total. The number of ketones is 1. The number of carbonyl (C=O) groups is 2. The number of pyridine rings is 1. The molecule has 1 unspecified atom stereocenters. The Kier molecular flexibility index (Phi) is 4.15. The van der Waals surface area contributed by atoms with Crippen molar-refractivity contribution in [3.63, 3.8) is 0 Å². The van der Waals surface area contributed by atoms with Crippen LogP contribution in [0.3, 0.4) is 0 Å². The third kappa shape index (κ3) is 3.14. The molecular formula is C17H18N2O3. The Hall–Kier alpha value is -2.27. The summed E-state index contributed by atoms with van der Waals surface area (Å²) in [6.07, 6.45) is 3.26. The standard InChI is InChI=1S/C17H18N2O3/c1-11-4-5-12-8-13(9-19-15(12)7-11)16(20)10-22-17(21)14-3-2-6-18-14/h4-5,7-9,14,18H,2-3,6,10H2,1H3. The van der Waals surface area contributed by atoms with Crippen LogP contribution in [0, 0.1) is 6.92 Å². The molecule has 5 nitrogen and oxygen atoms in total. The Morgan fingerprint density at radius 2 is 2.23 bits per heavy atom. The predicted molar refractivity (Wildman–Crippen MR) is 82.8 cm³/mol. The first-order chi connectivity index (χ1) is 10.6. The highest BCUT2D eigenvalue weighted by Gasteiger charge is 2.24. The summed E-state index contributed by atoms with van der Waals surface area (Å²) in [5.74, 6) is -0.587. The smallest absolute Gasteiger partial charge is 0.323 e. The number of ether oxygens (including phenoxy) is 1. The maximum absolute atomic E-state index is 12.1. The van der Waals surface area contributed by atoms with Crippen LogP contribution < -0.4 is 5.32 Å². The van der Waals surface area contributed by atoms with E-state index < -0.39 is 0 Å². The van der Waals surface area contributed by atoms with Crippen molar-refractivity contribution < 1.29 is 14.3 Å². The van der Waals surface area contributed by atoms with Crippen LogP contribution in [0.4, 0.5) is 0 Å². The van der Waals surface area contributed by atoms with Crippen LogP contribution in [-0.2, 0) is 9.53 Å². The molecule has 5 heteroatoms. The van der Waals surface area contributed by atoms with E-state index in [1.807, 2.05) is 25.1 Å². The molecule has 0 bridgehead atoms. The van der Waals surface area contributed by atoms with Gasteiger partial charge in [0.05, 0.1) is 5.52 Å². The van der Waals surface area contributed by atoms with Gasteiger partial charge in [0.2, 0.25) is 5.78 Å². The van der Waals surface area contributed by atoms with Gasteiger partial charge >= 0.3 is 5.97 Å². The molecule has 1 aliphatic rings. The fourth-order valence-electron chi connectivity index (χ4n) is 2.59. The van der Waals surface area contributed by atoms with Gasteiger partial charge in [0.15, 0.2) is 6.61 Å². The molecule has 2 aromatic rings. The summed E-state index contributed by atoms with van der Waals surface area (Å²) in [7, 11) is 0. The first kappa shape index (κ1) is 14.7. The van der Waals surface area contributed by atoms with Crippen molar-refractivity contribution in [3.8, 4) is 0 Å². The maximum atomic E-state index is 12.1. The molecule has 0 saturated carbocycles. The molecule has 1 aliphatic heterocycles. The zero-order chi connectivity index (χ0) is 15.5. The number of fused-ring (bicyclic) bond motifs is 1. The van der Waals surface area contributed by atoms with Gasteiger partial charge in [-0.25, -0.2) is 0 Å². The Balaban J connectivity index is 1.66. The summed E-state index contributed by atoms with van der Waals surface area (Å²) in [6, 6.07) is 7.39. The zero-order valence-corrected chi connectivity index (χ0v) is 12.5. The Morgan fingerprint density at radius 1 is 1.36 bits per heavy atom. The first-order valence-electron chi connectivity index (χ1n) is 7.43. The molecule has 0 aliphatic carbocycles. The van der Waals surface area contributed by atoms with Crippen molar-refractivity contribution in [3.05, 3.63) is 41.6 Å². The molecule has 0 radical (unpaired) electrons. The molecule has 1 saturated heterocycles. The van der Waals surface area contributed by atoms with E-state index in [4.69, 9.17) is 4.74 Å².